The Morgan fingerprint density at radius 1 is 1.15 bits per heavy atom. The highest BCUT2D eigenvalue weighted by atomic mass is 16.5. The second kappa shape index (κ2) is 6.32. The van der Waals surface area contributed by atoms with Crippen molar-refractivity contribution >= 4 is 22.8 Å². The summed E-state index contributed by atoms with van der Waals surface area (Å²) in [5, 5.41) is 10.5. The summed E-state index contributed by atoms with van der Waals surface area (Å²) in [5.74, 6) is 0.424. The smallest absolute Gasteiger partial charge is 0.336 e. The molecule has 2 heterocycles. The molecular formula is C21H16O6. The first-order chi connectivity index (χ1) is 13.0. The number of ether oxygens (including phenoxy) is 2. The van der Waals surface area contributed by atoms with E-state index in [1.165, 1.54) is 12.1 Å². The molecule has 0 bridgehead atoms. The van der Waals surface area contributed by atoms with E-state index in [-0.39, 0.29) is 28.4 Å². The van der Waals surface area contributed by atoms with E-state index >= 15 is 0 Å². The number of carbonyl (C=O) groups excluding carboxylic acids is 1. The topological polar surface area (TPSA) is 86.0 Å². The number of ketones is 1. The molecule has 1 N–H and O–H groups in total. The summed E-state index contributed by atoms with van der Waals surface area (Å²) in [7, 11) is 0. The zero-order valence-corrected chi connectivity index (χ0v) is 14.7. The van der Waals surface area contributed by atoms with Crippen LogP contribution in [0, 0.1) is 6.92 Å². The van der Waals surface area contributed by atoms with Crippen LogP contribution in [0.3, 0.4) is 0 Å². The van der Waals surface area contributed by atoms with E-state index in [1.54, 1.807) is 37.3 Å². The van der Waals surface area contributed by atoms with Crippen molar-refractivity contribution in [1.29, 1.82) is 0 Å². The molecule has 0 fully saturated rings. The molecule has 0 unspecified atom stereocenters. The molecule has 0 atom stereocenters. The molecule has 6 heteroatoms. The van der Waals surface area contributed by atoms with Gasteiger partial charge < -0.3 is 19.0 Å². The second-order valence-corrected chi connectivity index (χ2v) is 6.16. The third kappa shape index (κ3) is 2.85. The molecule has 0 spiro atoms. The van der Waals surface area contributed by atoms with Crippen molar-refractivity contribution < 1.29 is 23.8 Å². The molecule has 2 aromatic carbocycles. The lowest BCUT2D eigenvalue weighted by atomic mass is 10.0. The van der Waals surface area contributed by atoms with E-state index in [9.17, 15) is 14.7 Å². The minimum Gasteiger partial charge on any atom is -0.504 e. The standard InChI is InChI=1S/C21H16O6/c1-3-25-16-9-12(4-6-14(16)22)10-17-20(24)19-15(26-17)7-5-13-11(2)8-18(23)27-21(13)19/h4-10,22H,3H2,1-2H3/b17-10-. The molecule has 1 aromatic heterocycles. The molecule has 136 valence electrons. The predicted molar refractivity (Wildman–Crippen MR) is 99.4 cm³/mol. The average Bonchev–Trinajstić information content (AvgIpc) is 2.94. The van der Waals surface area contributed by atoms with Crippen LogP contribution in [0.2, 0.25) is 0 Å². The number of fused-ring (bicyclic) bond motifs is 3. The van der Waals surface area contributed by atoms with Crippen molar-refractivity contribution in [2.45, 2.75) is 13.8 Å². The maximum Gasteiger partial charge on any atom is 0.336 e. The van der Waals surface area contributed by atoms with Gasteiger partial charge in [-0.1, -0.05) is 6.07 Å². The predicted octanol–water partition coefficient (Wildman–Crippen LogP) is 3.82. The van der Waals surface area contributed by atoms with Gasteiger partial charge in [-0.15, -0.1) is 0 Å². The summed E-state index contributed by atoms with van der Waals surface area (Å²) in [6.07, 6.45) is 1.56. The Morgan fingerprint density at radius 3 is 2.74 bits per heavy atom. The second-order valence-electron chi connectivity index (χ2n) is 6.16. The average molecular weight is 364 g/mol. The normalized spacial score (nSPS) is 14.4. The Balaban J connectivity index is 1.80. The van der Waals surface area contributed by atoms with Gasteiger partial charge in [0.15, 0.2) is 22.8 Å². The lowest BCUT2D eigenvalue weighted by Gasteiger charge is -2.06. The lowest BCUT2D eigenvalue weighted by molar-refractivity contribution is 0.101. The lowest BCUT2D eigenvalue weighted by Crippen LogP contribution is -2.02. The number of benzene rings is 2. The van der Waals surface area contributed by atoms with Crippen molar-refractivity contribution in [3.63, 3.8) is 0 Å². The number of hydrogen-bond donors (Lipinski definition) is 1. The largest absolute Gasteiger partial charge is 0.504 e. The SMILES string of the molecule is CCOc1cc(/C=C2\Oc3ccc4c(C)cc(=O)oc4c3C2=O)ccc1O. The first-order valence-electron chi connectivity index (χ1n) is 8.45. The number of allylic oxidation sites excluding steroid dienone is 1. The van der Waals surface area contributed by atoms with Gasteiger partial charge in [0.05, 0.1) is 6.61 Å². The van der Waals surface area contributed by atoms with Gasteiger partial charge in [0, 0.05) is 11.5 Å². The van der Waals surface area contributed by atoms with Crippen LogP contribution in [0.1, 0.15) is 28.4 Å². The van der Waals surface area contributed by atoms with Gasteiger partial charge in [0.25, 0.3) is 0 Å². The molecule has 27 heavy (non-hydrogen) atoms. The number of aryl methyl sites for hydroxylation is 1. The van der Waals surface area contributed by atoms with Crippen LogP contribution in [0.5, 0.6) is 17.2 Å². The van der Waals surface area contributed by atoms with Gasteiger partial charge in [-0.3, -0.25) is 4.79 Å². The summed E-state index contributed by atoms with van der Waals surface area (Å²) in [4.78, 5) is 24.6. The van der Waals surface area contributed by atoms with E-state index in [0.29, 0.717) is 29.1 Å². The highest BCUT2D eigenvalue weighted by Crippen LogP contribution is 2.38. The van der Waals surface area contributed by atoms with Crippen LogP contribution >= 0.6 is 0 Å². The molecule has 1 aliphatic heterocycles. The molecule has 3 aromatic rings. The number of phenolic OH excluding ortho intramolecular Hbond substituents is 1. The van der Waals surface area contributed by atoms with Crippen molar-refractivity contribution in [2.24, 2.45) is 0 Å². The molecule has 0 radical (unpaired) electrons. The molecular weight excluding hydrogens is 348 g/mol. The quantitative estimate of drug-likeness (QED) is 0.562. The molecule has 6 nitrogen and oxygen atoms in total. The van der Waals surface area contributed by atoms with Gasteiger partial charge in [-0.25, -0.2) is 4.79 Å². The third-order valence-corrected chi connectivity index (χ3v) is 4.33. The maximum atomic E-state index is 12.9. The molecule has 4 rings (SSSR count). The summed E-state index contributed by atoms with van der Waals surface area (Å²) in [6.45, 7) is 4.00. The number of hydrogen-bond acceptors (Lipinski definition) is 6. The van der Waals surface area contributed by atoms with E-state index in [0.717, 1.165) is 5.56 Å². The third-order valence-electron chi connectivity index (χ3n) is 4.33. The summed E-state index contributed by atoms with van der Waals surface area (Å²) in [6, 6.07) is 9.59. The van der Waals surface area contributed by atoms with Gasteiger partial charge in [0.2, 0.25) is 5.78 Å². The first-order valence-corrected chi connectivity index (χ1v) is 8.45. The zero-order valence-electron chi connectivity index (χ0n) is 14.7. The Hall–Kier alpha value is -3.54. The van der Waals surface area contributed by atoms with Crippen LogP contribution < -0.4 is 15.1 Å². The highest BCUT2D eigenvalue weighted by Gasteiger charge is 2.31. The van der Waals surface area contributed by atoms with Crippen molar-refractivity contribution in [2.75, 3.05) is 6.61 Å². The van der Waals surface area contributed by atoms with Crippen LogP contribution in [0.25, 0.3) is 17.0 Å². The zero-order chi connectivity index (χ0) is 19.1. The summed E-state index contributed by atoms with van der Waals surface area (Å²) in [5.41, 5.74) is 1.32. The minimum absolute atomic E-state index is 0.0178. The van der Waals surface area contributed by atoms with Crippen LogP contribution in [0.4, 0.5) is 0 Å². The molecule has 0 aliphatic carbocycles. The van der Waals surface area contributed by atoms with Crippen molar-refractivity contribution in [1.82, 2.24) is 0 Å². The maximum absolute atomic E-state index is 12.9. The van der Waals surface area contributed by atoms with Gasteiger partial charge in [0.1, 0.15) is 11.3 Å². The first kappa shape index (κ1) is 16.9. The molecule has 0 saturated carbocycles. The summed E-state index contributed by atoms with van der Waals surface area (Å²) < 4.78 is 16.3. The van der Waals surface area contributed by atoms with E-state index in [4.69, 9.17) is 13.9 Å². The van der Waals surface area contributed by atoms with E-state index < -0.39 is 5.63 Å². The molecule has 0 saturated heterocycles. The Kier molecular flexibility index (Phi) is 3.96. The van der Waals surface area contributed by atoms with E-state index in [2.05, 4.69) is 0 Å². The fourth-order valence-electron chi connectivity index (χ4n) is 3.09. The molecule has 1 aliphatic rings. The van der Waals surface area contributed by atoms with Crippen LogP contribution in [0.15, 0.2) is 51.4 Å². The number of Topliss-reactive ketones (excluding diaryl/α,β-unsaturated/α-hetero) is 1. The Labute approximate surface area is 154 Å². The monoisotopic (exact) mass is 364 g/mol. The minimum atomic E-state index is -0.515. The van der Waals surface area contributed by atoms with Gasteiger partial charge in [-0.2, -0.15) is 0 Å². The Bertz CT molecular complexity index is 1170. The number of rotatable bonds is 3. The van der Waals surface area contributed by atoms with Gasteiger partial charge >= 0.3 is 5.63 Å². The van der Waals surface area contributed by atoms with Crippen molar-refractivity contribution in [3.05, 3.63) is 69.3 Å². The van der Waals surface area contributed by atoms with Crippen LogP contribution in [-0.4, -0.2) is 17.5 Å². The fraction of sp³-hybridized carbons (Fsp3) is 0.143. The Morgan fingerprint density at radius 2 is 1.96 bits per heavy atom. The highest BCUT2D eigenvalue weighted by molar-refractivity contribution is 6.20. The van der Waals surface area contributed by atoms with Crippen molar-refractivity contribution in [3.8, 4) is 17.2 Å². The number of carbonyl (C=O) groups is 1. The molecule has 0 amide bonds. The number of phenols is 1. The summed E-state index contributed by atoms with van der Waals surface area (Å²) >= 11 is 0. The van der Waals surface area contributed by atoms with Crippen LogP contribution in [-0.2, 0) is 0 Å². The fourth-order valence-corrected chi connectivity index (χ4v) is 3.09. The van der Waals surface area contributed by atoms with Gasteiger partial charge in [-0.05, 0) is 55.3 Å². The number of aromatic hydroxyl groups is 1. The van der Waals surface area contributed by atoms with E-state index in [1.807, 2.05) is 6.92 Å².